The predicted molar refractivity (Wildman–Crippen MR) is 82.3 cm³/mol. The van der Waals surface area contributed by atoms with Crippen molar-refractivity contribution in [1.29, 1.82) is 0 Å². The molecule has 1 heterocycles. The van der Waals surface area contributed by atoms with E-state index >= 15 is 0 Å². The van der Waals surface area contributed by atoms with Crippen LogP contribution in [0.5, 0.6) is 0 Å². The first-order valence-electron chi connectivity index (χ1n) is 8.11. The summed E-state index contributed by atoms with van der Waals surface area (Å²) in [6.45, 7) is 2.10. The Kier molecular flexibility index (Phi) is 5.94. The van der Waals surface area contributed by atoms with Gasteiger partial charge in [0.2, 0.25) is 0 Å². The van der Waals surface area contributed by atoms with Gasteiger partial charge in [-0.1, -0.05) is 12.8 Å². The van der Waals surface area contributed by atoms with Gasteiger partial charge >= 0.3 is 0 Å². The minimum atomic E-state index is -2.82. The van der Waals surface area contributed by atoms with E-state index in [0.29, 0.717) is 17.4 Å². The van der Waals surface area contributed by atoms with E-state index in [9.17, 15) is 8.42 Å². The van der Waals surface area contributed by atoms with E-state index in [0.717, 1.165) is 25.7 Å². The molecule has 0 N–H and O–H groups in total. The molecule has 1 saturated heterocycles. The van der Waals surface area contributed by atoms with Gasteiger partial charge in [-0.25, -0.2) is 8.42 Å². The third-order valence-electron chi connectivity index (χ3n) is 4.69. The maximum Gasteiger partial charge on any atom is 0.150 e. The standard InChI is InChI=1S/C16H28O3S/c1-14(19-13-15-7-3-2-4-8-15)16-9-5-6-11-20(17,18)12-10-16/h13-14,16H,2-12H2,1H3. The first-order valence-corrected chi connectivity index (χ1v) is 9.93. The topological polar surface area (TPSA) is 43.4 Å². The van der Waals surface area contributed by atoms with Crippen LogP contribution in [0.25, 0.3) is 0 Å². The van der Waals surface area contributed by atoms with E-state index in [1.165, 1.54) is 37.7 Å². The van der Waals surface area contributed by atoms with Crippen LogP contribution in [0.3, 0.4) is 0 Å². The summed E-state index contributed by atoms with van der Waals surface area (Å²) in [5.74, 6) is 1.09. The van der Waals surface area contributed by atoms with Gasteiger partial charge in [0, 0.05) is 0 Å². The van der Waals surface area contributed by atoms with Crippen molar-refractivity contribution >= 4 is 9.84 Å². The molecule has 2 fully saturated rings. The molecule has 0 radical (unpaired) electrons. The molecule has 0 aromatic carbocycles. The normalized spacial score (nSPS) is 29.1. The van der Waals surface area contributed by atoms with Crippen LogP contribution in [0.2, 0.25) is 0 Å². The second-order valence-corrected chi connectivity index (χ2v) is 8.68. The molecule has 1 aliphatic carbocycles. The number of hydrogen-bond donors (Lipinski definition) is 0. The molecular formula is C16H28O3S. The Bertz CT molecular complexity index is 417. The summed E-state index contributed by atoms with van der Waals surface area (Å²) in [4.78, 5) is 0. The number of sulfone groups is 1. The van der Waals surface area contributed by atoms with Gasteiger partial charge < -0.3 is 4.74 Å². The molecule has 3 nitrogen and oxygen atoms in total. The molecule has 0 bridgehead atoms. The Balaban J connectivity index is 1.85. The second-order valence-electron chi connectivity index (χ2n) is 6.37. The Hall–Kier alpha value is -0.510. The van der Waals surface area contributed by atoms with E-state index in [1.807, 2.05) is 6.26 Å². The molecule has 2 rings (SSSR count). The zero-order valence-corrected chi connectivity index (χ0v) is 13.5. The third-order valence-corrected chi connectivity index (χ3v) is 6.46. The number of rotatable bonds is 3. The summed E-state index contributed by atoms with van der Waals surface area (Å²) in [7, 11) is -2.82. The van der Waals surface area contributed by atoms with Crippen molar-refractivity contribution in [1.82, 2.24) is 0 Å². The molecule has 1 saturated carbocycles. The van der Waals surface area contributed by atoms with Crippen LogP contribution < -0.4 is 0 Å². The lowest BCUT2D eigenvalue weighted by Gasteiger charge is -2.26. The summed E-state index contributed by atoms with van der Waals surface area (Å²) in [6.07, 6.45) is 12.0. The van der Waals surface area contributed by atoms with Crippen LogP contribution in [0, 0.1) is 5.92 Å². The first kappa shape index (κ1) is 15.9. The third kappa shape index (κ3) is 5.12. The molecule has 0 aromatic rings. The molecular weight excluding hydrogens is 272 g/mol. The van der Waals surface area contributed by atoms with Crippen molar-refractivity contribution in [2.24, 2.45) is 5.92 Å². The van der Waals surface area contributed by atoms with E-state index in [2.05, 4.69) is 6.92 Å². The second kappa shape index (κ2) is 7.48. The van der Waals surface area contributed by atoms with Crippen LogP contribution in [0.15, 0.2) is 11.8 Å². The monoisotopic (exact) mass is 300 g/mol. The van der Waals surface area contributed by atoms with Gasteiger partial charge in [-0.05, 0) is 63.4 Å². The van der Waals surface area contributed by atoms with E-state index < -0.39 is 9.84 Å². The lowest BCUT2D eigenvalue weighted by molar-refractivity contribution is 0.0911. The molecule has 4 heteroatoms. The van der Waals surface area contributed by atoms with E-state index in [4.69, 9.17) is 4.74 Å². The minimum Gasteiger partial charge on any atom is -0.498 e. The van der Waals surface area contributed by atoms with Gasteiger partial charge in [-0.2, -0.15) is 0 Å². The minimum absolute atomic E-state index is 0.137. The Morgan fingerprint density at radius 2 is 1.80 bits per heavy atom. The number of ether oxygens (including phenoxy) is 1. The van der Waals surface area contributed by atoms with Gasteiger partial charge in [-0.3, -0.25) is 0 Å². The Morgan fingerprint density at radius 1 is 1.05 bits per heavy atom. The average molecular weight is 300 g/mol. The Morgan fingerprint density at radius 3 is 2.55 bits per heavy atom. The quantitative estimate of drug-likeness (QED) is 0.744. The van der Waals surface area contributed by atoms with Crippen LogP contribution in [-0.2, 0) is 14.6 Å². The van der Waals surface area contributed by atoms with Crippen LogP contribution in [-0.4, -0.2) is 26.0 Å². The van der Waals surface area contributed by atoms with Crippen molar-refractivity contribution in [3.63, 3.8) is 0 Å². The molecule has 20 heavy (non-hydrogen) atoms. The molecule has 0 amide bonds. The highest BCUT2D eigenvalue weighted by Gasteiger charge is 2.24. The lowest BCUT2D eigenvalue weighted by atomic mass is 9.93. The molecule has 0 aromatic heterocycles. The molecule has 2 unspecified atom stereocenters. The summed E-state index contributed by atoms with van der Waals surface area (Å²) in [5, 5.41) is 0. The number of allylic oxidation sites excluding steroid dienone is 1. The van der Waals surface area contributed by atoms with Gasteiger partial charge in [0.25, 0.3) is 0 Å². The van der Waals surface area contributed by atoms with Crippen molar-refractivity contribution in [2.45, 2.75) is 70.8 Å². The van der Waals surface area contributed by atoms with E-state index in [-0.39, 0.29) is 6.10 Å². The largest absolute Gasteiger partial charge is 0.498 e. The van der Waals surface area contributed by atoms with Crippen LogP contribution >= 0.6 is 0 Å². The van der Waals surface area contributed by atoms with Crippen molar-refractivity contribution in [3.05, 3.63) is 11.8 Å². The molecule has 2 atom stereocenters. The lowest BCUT2D eigenvalue weighted by Crippen LogP contribution is -2.25. The highest BCUT2D eigenvalue weighted by Crippen LogP contribution is 2.26. The fourth-order valence-electron chi connectivity index (χ4n) is 3.21. The maximum absolute atomic E-state index is 11.7. The predicted octanol–water partition coefficient (Wildman–Crippen LogP) is 3.84. The van der Waals surface area contributed by atoms with Crippen molar-refractivity contribution < 1.29 is 13.2 Å². The van der Waals surface area contributed by atoms with Crippen molar-refractivity contribution in [3.8, 4) is 0 Å². The van der Waals surface area contributed by atoms with Crippen LogP contribution in [0.4, 0.5) is 0 Å². The highest BCUT2D eigenvalue weighted by molar-refractivity contribution is 7.91. The molecule has 2 aliphatic rings. The maximum atomic E-state index is 11.7. The fraction of sp³-hybridized carbons (Fsp3) is 0.875. The highest BCUT2D eigenvalue weighted by atomic mass is 32.2. The van der Waals surface area contributed by atoms with Gasteiger partial charge in [0.1, 0.15) is 9.84 Å². The molecule has 1 aliphatic heterocycles. The average Bonchev–Trinajstić information content (AvgIpc) is 2.43. The number of hydrogen-bond acceptors (Lipinski definition) is 3. The molecule has 116 valence electrons. The summed E-state index contributed by atoms with van der Waals surface area (Å²) >= 11 is 0. The summed E-state index contributed by atoms with van der Waals surface area (Å²) < 4.78 is 29.4. The van der Waals surface area contributed by atoms with Gasteiger partial charge in [0.05, 0.1) is 23.9 Å². The van der Waals surface area contributed by atoms with Crippen LogP contribution in [0.1, 0.15) is 64.7 Å². The zero-order valence-electron chi connectivity index (χ0n) is 12.6. The van der Waals surface area contributed by atoms with Gasteiger partial charge in [0.15, 0.2) is 0 Å². The van der Waals surface area contributed by atoms with E-state index in [1.54, 1.807) is 0 Å². The SMILES string of the molecule is CC(OC=C1CCCCC1)C1CCCCS(=O)(=O)CC1. The Labute approximate surface area is 123 Å². The molecule has 0 spiro atoms. The summed E-state index contributed by atoms with van der Waals surface area (Å²) in [5.41, 5.74) is 1.43. The zero-order chi connectivity index (χ0) is 14.4. The fourth-order valence-corrected chi connectivity index (χ4v) is 4.72. The smallest absolute Gasteiger partial charge is 0.150 e. The summed E-state index contributed by atoms with van der Waals surface area (Å²) in [6, 6.07) is 0. The first-order chi connectivity index (χ1) is 9.57. The van der Waals surface area contributed by atoms with Gasteiger partial charge in [-0.15, -0.1) is 0 Å². The van der Waals surface area contributed by atoms with Crippen molar-refractivity contribution in [2.75, 3.05) is 11.5 Å².